The molecule has 1 aliphatic carbocycles. The molecule has 1 rings (SSSR count). The van der Waals surface area contributed by atoms with Gasteiger partial charge in [-0.2, -0.15) is 0 Å². The highest BCUT2D eigenvalue weighted by atomic mass is 32.5. The van der Waals surface area contributed by atoms with E-state index in [1.165, 1.54) is 21.3 Å². The summed E-state index contributed by atoms with van der Waals surface area (Å²) < 4.78 is 21.2. The maximum Gasteiger partial charge on any atom is 0.324 e. The molecule has 0 radical (unpaired) electrons. The smallest absolute Gasteiger partial charge is 0.324 e. The lowest BCUT2D eigenvalue weighted by Gasteiger charge is -2.28. The van der Waals surface area contributed by atoms with E-state index in [-0.39, 0.29) is 5.92 Å². The van der Waals surface area contributed by atoms with Crippen LogP contribution in [0.5, 0.6) is 0 Å². The van der Waals surface area contributed by atoms with Gasteiger partial charge in [-0.15, -0.1) is 0 Å². The molecule has 5 atom stereocenters. The summed E-state index contributed by atoms with van der Waals surface area (Å²) in [5, 5.41) is 2.77. The number of methoxy groups -OCH3 is 2. The van der Waals surface area contributed by atoms with Gasteiger partial charge in [-0.25, -0.2) is 0 Å². The molecule has 40 heavy (non-hydrogen) atoms. The van der Waals surface area contributed by atoms with Gasteiger partial charge in [0.25, 0.3) is 5.91 Å². The maximum atomic E-state index is 12.3. The molecule has 7 nitrogen and oxygen atoms in total. The molecule has 0 aromatic rings. The van der Waals surface area contributed by atoms with Crippen molar-refractivity contribution < 1.29 is 28.2 Å². The fraction of sp³-hybridized carbons (Fsp3) is 0.323. The van der Waals surface area contributed by atoms with Gasteiger partial charge in [0.05, 0.1) is 12.6 Å². The number of carbonyl (C=O) groups excluding carboxylic acids is 1. The number of rotatable bonds is 7. The first-order valence-electron chi connectivity index (χ1n) is 11.2. The van der Waals surface area contributed by atoms with Crippen LogP contribution in [0.15, 0.2) is 0 Å². The number of nitrogens with one attached hydrogen (secondary N) is 1. The normalized spacial score (nSPS) is 18.4. The van der Waals surface area contributed by atoms with E-state index in [2.05, 4.69) is 124 Å². The molecule has 0 aromatic carbocycles. The van der Waals surface area contributed by atoms with Gasteiger partial charge >= 0.3 is 6.72 Å². The van der Waals surface area contributed by atoms with E-state index in [1.54, 1.807) is 6.92 Å². The highest BCUT2D eigenvalue weighted by Gasteiger charge is 2.47. The Balaban J connectivity index is 2.64. The quantitative estimate of drug-likeness (QED) is 0.342. The van der Waals surface area contributed by atoms with E-state index in [0.29, 0.717) is 13.0 Å². The molecule has 198 valence electrons. The first-order valence-corrected chi connectivity index (χ1v) is 13.8. The van der Waals surface area contributed by atoms with Crippen molar-refractivity contribution in [3.63, 3.8) is 0 Å². The van der Waals surface area contributed by atoms with Crippen molar-refractivity contribution in [2.75, 3.05) is 27.9 Å². The lowest BCUT2D eigenvalue weighted by Crippen LogP contribution is -2.44. The van der Waals surface area contributed by atoms with Gasteiger partial charge in [-0.3, -0.25) is 4.79 Å². The summed E-state index contributed by atoms with van der Waals surface area (Å²) in [6, 6.07) is -0.454. The Bertz CT molecular complexity index is 1630. The zero-order valence-electron chi connectivity index (χ0n) is 22.1. The van der Waals surface area contributed by atoms with Crippen LogP contribution in [0.25, 0.3) is 0 Å². The second-order valence-corrected chi connectivity index (χ2v) is 9.97. The highest BCUT2D eigenvalue weighted by Crippen LogP contribution is 2.48. The first kappa shape index (κ1) is 33.5. The molecule has 0 heterocycles. The lowest BCUT2D eigenvalue weighted by atomic mass is 10.1. The second-order valence-electron chi connectivity index (χ2n) is 7.08. The van der Waals surface area contributed by atoms with Gasteiger partial charge in [-0.05, 0) is 120 Å². The number of hydrogen-bond donors (Lipinski definition) is 2. The minimum atomic E-state index is -3.46. The Morgan fingerprint density at radius 1 is 0.800 bits per heavy atom. The fourth-order valence-corrected chi connectivity index (χ4v) is 4.09. The monoisotopic (exact) mass is 567 g/mol. The summed E-state index contributed by atoms with van der Waals surface area (Å²) >= 11 is 4.96. The molecule has 1 aliphatic rings. The number of hydrogen-bond acceptors (Lipinski definition) is 6. The van der Waals surface area contributed by atoms with Crippen molar-refractivity contribution in [2.24, 2.45) is 5.92 Å². The van der Waals surface area contributed by atoms with Crippen LogP contribution in [0, 0.1) is 124 Å². The molecule has 0 aromatic heterocycles. The van der Waals surface area contributed by atoms with Gasteiger partial charge in [0.15, 0.2) is 0 Å². The third-order valence-corrected chi connectivity index (χ3v) is 6.24. The SMILES string of the molecule is CC#CC#CC#CC#CC#CC#CC#CC#CC#CC#CC(=O)N[C@@H]1C[C@H](COC)C(OP(O)(=S)OC)[C@@H]1OC. The van der Waals surface area contributed by atoms with Crippen molar-refractivity contribution in [3.05, 3.63) is 0 Å². The number of carbonyl (C=O) groups is 1. The summed E-state index contributed by atoms with van der Waals surface area (Å²) in [4.78, 5) is 22.4. The van der Waals surface area contributed by atoms with Gasteiger partial charge in [0, 0.05) is 45.0 Å². The second kappa shape index (κ2) is 20.5. The molecule has 0 saturated heterocycles. The van der Waals surface area contributed by atoms with Gasteiger partial charge in [-0.1, -0.05) is 5.92 Å². The molecule has 0 spiro atoms. The van der Waals surface area contributed by atoms with E-state index < -0.39 is 30.9 Å². The summed E-state index contributed by atoms with van der Waals surface area (Å²) in [7, 11) is 4.27. The molecule has 1 saturated carbocycles. The molecule has 0 bridgehead atoms. The third kappa shape index (κ3) is 14.5. The standard InChI is InChI=1S/C31H22NO6PS/c1-5-6-7-8-9-10-11-12-13-14-15-16-17-18-19-20-21-22-23-24-29(33)32-28-25-27(26-35-2)30(31(28)36-3)38-39(34,40)37-4/h27-28,30-31H,25-26H2,1-4H3,(H,32,33)(H,34,40)/t27-,28-,30?,31-,39?/m1/s1. The fourth-order valence-electron chi connectivity index (χ4n) is 3.11. The van der Waals surface area contributed by atoms with Gasteiger partial charge < -0.3 is 28.7 Å². The van der Waals surface area contributed by atoms with E-state index in [4.69, 9.17) is 30.3 Å². The Morgan fingerprint density at radius 3 is 1.65 bits per heavy atom. The maximum absolute atomic E-state index is 12.3. The first-order chi connectivity index (χ1) is 19.4. The topological polar surface area (TPSA) is 86.3 Å². The van der Waals surface area contributed by atoms with Crippen molar-refractivity contribution in [1.82, 2.24) is 5.32 Å². The Labute approximate surface area is 241 Å². The Morgan fingerprint density at radius 2 is 1.25 bits per heavy atom. The average Bonchev–Trinajstić information content (AvgIpc) is 3.24. The van der Waals surface area contributed by atoms with Crippen LogP contribution in [0.3, 0.4) is 0 Å². The minimum absolute atomic E-state index is 0.198. The highest BCUT2D eigenvalue weighted by molar-refractivity contribution is 8.07. The molecule has 9 heteroatoms. The Kier molecular flexibility index (Phi) is 17.2. The van der Waals surface area contributed by atoms with Crippen LogP contribution < -0.4 is 5.32 Å². The largest absolute Gasteiger partial charge is 0.384 e. The predicted octanol–water partition coefficient (Wildman–Crippen LogP) is 0.455. The van der Waals surface area contributed by atoms with Crippen molar-refractivity contribution in [2.45, 2.75) is 31.6 Å². The van der Waals surface area contributed by atoms with Crippen LogP contribution in [0.2, 0.25) is 0 Å². The van der Waals surface area contributed by atoms with Crippen LogP contribution in [0.4, 0.5) is 0 Å². The summed E-state index contributed by atoms with van der Waals surface area (Å²) in [5.41, 5.74) is 0. The van der Waals surface area contributed by atoms with Crippen LogP contribution in [-0.2, 0) is 35.1 Å². The van der Waals surface area contributed by atoms with E-state index >= 15 is 0 Å². The van der Waals surface area contributed by atoms with Crippen LogP contribution in [-0.4, -0.2) is 57.0 Å². The van der Waals surface area contributed by atoms with Crippen LogP contribution >= 0.6 is 6.72 Å². The molecule has 0 aliphatic heterocycles. The zero-order valence-corrected chi connectivity index (χ0v) is 23.8. The molecule has 2 N–H and O–H groups in total. The summed E-state index contributed by atoms with van der Waals surface area (Å²) in [6.07, 6.45) is -0.780. The van der Waals surface area contributed by atoms with E-state index in [9.17, 15) is 9.69 Å². The summed E-state index contributed by atoms with van der Waals surface area (Å²) in [6.45, 7) is -1.46. The van der Waals surface area contributed by atoms with Crippen LogP contribution in [0.1, 0.15) is 13.3 Å². The molecular weight excluding hydrogens is 545 g/mol. The van der Waals surface area contributed by atoms with Crippen molar-refractivity contribution >= 4 is 24.4 Å². The lowest BCUT2D eigenvalue weighted by molar-refractivity contribution is -0.117. The summed E-state index contributed by atoms with van der Waals surface area (Å²) in [5.74, 6) is 49.1. The number of amides is 1. The Hall–Kier alpha value is -4.48. The molecule has 1 fully saturated rings. The third-order valence-electron chi connectivity index (χ3n) is 4.56. The van der Waals surface area contributed by atoms with E-state index in [1.807, 2.05) is 0 Å². The molecule has 1 amide bonds. The zero-order chi connectivity index (χ0) is 29.5. The van der Waals surface area contributed by atoms with E-state index in [0.717, 1.165) is 0 Å². The molecule has 2 unspecified atom stereocenters. The average molecular weight is 568 g/mol. The van der Waals surface area contributed by atoms with Crippen molar-refractivity contribution in [3.8, 4) is 118 Å². The van der Waals surface area contributed by atoms with Crippen molar-refractivity contribution in [1.29, 1.82) is 0 Å². The van der Waals surface area contributed by atoms with Gasteiger partial charge in [0.1, 0.15) is 12.2 Å². The van der Waals surface area contributed by atoms with Gasteiger partial charge in [0.2, 0.25) is 0 Å². The predicted molar refractivity (Wildman–Crippen MR) is 155 cm³/mol. The minimum Gasteiger partial charge on any atom is -0.384 e. The number of ether oxygens (including phenoxy) is 2. The molecular formula is C31H22NO6PS.